The molecule has 1 aliphatic heterocycles. The summed E-state index contributed by atoms with van der Waals surface area (Å²) in [7, 11) is -3.75. The molecule has 0 saturated carbocycles. The summed E-state index contributed by atoms with van der Waals surface area (Å²) in [5.41, 5.74) is 0.526. The molecule has 0 atom stereocenters. The van der Waals surface area contributed by atoms with Crippen LogP contribution in [0, 0.1) is 0 Å². The molecule has 0 radical (unpaired) electrons. The number of hydrogen-bond donors (Lipinski definition) is 2. The van der Waals surface area contributed by atoms with E-state index in [0.29, 0.717) is 12.3 Å². The highest BCUT2D eigenvalue weighted by molar-refractivity contribution is 7.89. The van der Waals surface area contributed by atoms with Gasteiger partial charge in [-0.3, -0.25) is 9.69 Å². The zero-order valence-electron chi connectivity index (χ0n) is 16.9. The van der Waals surface area contributed by atoms with Crippen LogP contribution in [0.2, 0.25) is 0 Å². The molecule has 0 bridgehead atoms. The first-order valence-electron chi connectivity index (χ1n) is 9.88. The number of ether oxygens (including phenoxy) is 2. The number of carbonyl (C=O) groups excluding carboxylic acids is 1. The van der Waals surface area contributed by atoms with Gasteiger partial charge in [-0.25, -0.2) is 13.6 Å². The van der Waals surface area contributed by atoms with Crippen molar-refractivity contribution in [2.75, 3.05) is 31.6 Å². The molecule has 3 N–H and O–H groups in total. The Morgan fingerprint density at radius 1 is 1.10 bits per heavy atom. The second-order valence-electron chi connectivity index (χ2n) is 7.09. The highest BCUT2D eigenvalue weighted by Gasteiger charge is 2.23. The van der Waals surface area contributed by atoms with E-state index in [0.717, 1.165) is 37.4 Å². The van der Waals surface area contributed by atoms with Crippen LogP contribution in [0.1, 0.15) is 19.8 Å². The Hall–Kier alpha value is -2.62. The summed E-state index contributed by atoms with van der Waals surface area (Å²) in [6, 6.07) is 13.4. The standard InChI is InChI=1S/C21H27N3O5S/c1-2-28-19-5-3-4-6-20(19)29-17-11-13-24(14-12-17)15-21(25)23-16-7-9-18(10-8-16)30(22,26)27/h3-10,17H,2,11-15H2,1H3,(H,23,25)(H2,22,26,27). The van der Waals surface area contributed by atoms with E-state index in [9.17, 15) is 13.2 Å². The maximum absolute atomic E-state index is 12.3. The molecule has 0 aliphatic carbocycles. The number of nitrogens with two attached hydrogens (primary N) is 1. The molecular weight excluding hydrogens is 406 g/mol. The molecule has 1 heterocycles. The van der Waals surface area contributed by atoms with Gasteiger partial charge in [0.2, 0.25) is 15.9 Å². The van der Waals surface area contributed by atoms with Gasteiger partial charge in [0.05, 0.1) is 18.0 Å². The van der Waals surface area contributed by atoms with Gasteiger partial charge in [0.1, 0.15) is 6.10 Å². The average molecular weight is 434 g/mol. The van der Waals surface area contributed by atoms with Gasteiger partial charge in [0.15, 0.2) is 11.5 Å². The van der Waals surface area contributed by atoms with Crippen molar-refractivity contribution in [3.63, 3.8) is 0 Å². The molecule has 2 aromatic carbocycles. The molecule has 9 heteroatoms. The number of para-hydroxylation sites is 2. The van der Waals surface area contributed by atoms with E-state index in [4.69, 9.17) is 14.6 Å². The number of anilines is 1. The lowest BCUT2D eigenvalue weighted by Gasteiger charge is -2.32. The molecular formula is C21H27N3O5S. The molecule has 2 aromatic rings. The van der Waals surface area contributed by atoms with Crippen molar-refractivity contribution in [2.45, 2.75) is 30.8 Å². The number of benzene rings is 2. The Balaban J connectivity index is 1.46. The topological polar surface area (TPSA) is 111 Å². The number of carbonyl (C=O) groups is 1. The van der Waals surface area contributed by atoms with Gasteiger partial charge in [0, 0.05) is 18.8 Å². The lowest BCUT2D eigenvalue weighted by molar-refractivity contribution is -0.117. The van der Waals surface area contributed by atoms with E-state index in [1.807, 2.05) is 31.2 Å². The van der Waals surface area contributed by atoms with E-state index in [-0.39, 0.29) is 23.5 Å². The molecule has 0 spiro atoms. The SMILES string of the molecule is CCOc1ccccc1OC1CCN(CC(=O)Nc2ccc(S(N)(=O)=O)cc2)CC1. The maximum atomic E-state index is 12.3. The average Bonchev–Trinajstić information content (AvgIpc) is 2.71. The minimum Gasteiger partial charge on any atom is -0.490 e. The number of primary sulfonamides is 1. The summed E-state index contributed by atoms with van der Waals surface area (Å²) >= 11 is 0. The van der Waals surface area contributed by atoms with Gasteiger partial charge < -0.3 is 14.8 Å². The van der Waals surface area contributed by atoms with Gasteiger partial charge in [-0.15, -0.1) is 0 Å². The first kappa shape index (κ1) is 22.1. The quantitative estimate of drug-likeness (QED) is 0.660. The van der Waals surface area contributed by atoms with E-state index < -0.39 is 10.0 Å². The van der Waals surface area contributed by atoms with Crippen LogP contribution < -0.4 is 19.9 Å². The third kappa shape index (κ3) is 6.19. The van der Waals surface area contributed by atoms with Crippen LogP contribution in [0.3, 0.4) is 0 Å². The van der Waals surface area contributed by atoms with Crippen LogP contribution in [0.15, 0.2) is 53.4 Å². The fourth-order valence-electron chi connectivity index (χ4n) is 3.32. The van der Waals surface area contributed by atoms with Gasteiger partial charge in [-0.05, 0) is 56.2 Å². The summed E-state index contributed by atoms with van der Waals surface area (Å²) in [6.45, 7) is 4.28. The van der Waals surface area contributed by atoms with Crippen LogP contribution in [0.25, 0.3) is 0 Å². The molecule has 3 rings (SSSR count). The van der Waals surface area contributed by atoms with Crippen LogP contribution in [-0.2, 0) is 14.8 Å². The second-order valence-corrected chi connectivity index (χ2v) is 8.65. The van der Waals surface area contributed by atoms with Crippen molar-refractivity contribution in [3.05, 3.63) is 48.5 Å². The highest BCUT2D eigenvalue weighted by Crippen LogP contribution is 2.29. The molecule has 1 saturated heterocycles. The van der Waals surface area contributed by atoms with E-state index in [1.165, 1.54) is 24.3 Å². The number of sulfonamides is 1. The maximum Gasteiger partial charge on any atom is 0.238 e. The Morgan fingerprint density at radius 2 is 1.73 bits per heavy atom. The minimum atomic E-state index is -3.75. The third-order valence-corrected chi connectivity index (χ3v) is 5.74. The number of rotatable bonds is 8. The second kappa shape index (κ2) is 9.92. The third-order valence-electron chi connectivity index (χ3n) is 4.81. The fourth-order valence-corrected chi connectivity index (χ4v) is 3.83. The van der Waals surface area contributed by atoms with Crippen molar-refractivity contribution in [1.29, 1.82) is 0 Å². The van der Waals surface area contributed by atoms with Gasteiger partial charge in [-0.2, -0.15) is 0 Å². The Labute approximate surface area is 177 Å². The molecule has 1 amide bonds. The van der Waals surface area contributed by atoms with Gasteiger partial charge in [0.25, 0.3) is 0 Å². The zero-order chi connectivity index (χ0) is 21.6. The van der Waals surface area contributed by atoms with Crippen LogP contribution in [-0.4, -0.2) is 51.6 Å². The lowest BCUT2D eigenvalue weighted by Crippen LogP contribution is -2.42. The number of likely N-dealkylation sites (tertiary alicyclic amines) is 1. The molecule has 0 aromatic heterocycles. The number of hydrogen-bond acceptors (Lipinski definition) is 6. The normalized spacial score (nSPS) is 15.5. The summed E-state index contributed by atoms with van der Waals surface area (Å²) < 4.78 is 34.3. The number of nitrogens with one attached hydrogen (secondary N) is 1. The molecule has 162 valence electrons. The Kier molecular flexibility index (Phi) is 7.30. The summed E-state index contributed by atoms with van der Waals surface area (Å²) in [6.07, 6.45) is 1.71. The molecule has 8 nitrogen and oxygen atoms in total. The summed E-state index contributed by atoms with van der Waals surface area (Å²) in [5, 5.41) is 7.85. The monoisotopic (exact) mass is 433 g/mol. The molecule has 1 fully saturated rings. The van der Waals surface area contributed by atoms with Crippen LogP contribution in [0.5, 0.6) is 11.5 Å². The number of piperidine rings is 1. The van der Waals surface area contributed by atoms with Crippen LogP contribution >= 0.6 is 0 Å². The predicted molar refractivity (Wildman–Crippen MR) is 114 cm³/mol. The Morgan fingerprint density at radius 3 is 2.33 bits per heavy atom. The molecule has 30 heavy (non-hydrogen) atoms. The summed E-state index contributed by atoms with van der Waals surface area (Å²) in [4.78, 5) is 14.4. The highest BCUT2D eigenvalue weighted by atomic mass is 32.2. The van der Waals surface area contributed by atoms with Crippen LogP contribution in [0.4, 0.5) is 5.69 Å². The summed E-state index contributed by atoms with van der Waals surface area (Å²) in [5.74, 6) is 1.34. The smallest absolute Gasteiger partial charge is 0.238 e. The van der Waals surface area contributed by atoms with E-state index in [1.54, 1.807) is 0 Å². The molecule has 1 aliphatic rings. The minimum absolute atomic E-state index is 0.00785. The number of amides is 1. The van der Waals surface area contributed by atoms with Crippen molar-refractivity contribution in [2.24, 2.45) is 5.14 Å². The van der Waals surface area contributed by atoms with Crippen molar-refractivity contribution in [1.82, 2.24) is 4.90 Å². The number of nitrogens with zero attached hydrogens (tertiary/aromatic N) is 1. The van der Waals surface area contributed by atoms with E-state index >= 15 is 0 Å². The largest absolute Gasteiger partial charge is 0.490 e. The van der Waals surface area contributed by atoms with E-state index in [2.05, 4.69) is 10.2 Å². The first-order chi connectivity index (χ1) is 14.3. The Bertz CT molecular complexity index is 955. The zero-order valence-corrected chi connectivity index (χ0v) is 17.7. The van der Waals surface area contributed by atoms with Gasteiger partial charge >= 0.3 is 0 Å². The lowest BCUT2D eigenvalue weighted by atomic mass is 10.1. The van der Waals surface area contributed by atoms with Crippen molar-refractivity contribution >= 4 is 21.6 Å². The molecule has 0 unspecified atom stereocenters. The van der Waals surface area contributed by atoms with Crippen molar-refractivity contribution in [3.8, 4) is 11.5 Å². The fraction of sp³-hybridized carbons (Fsp3) is 0.381. The predicted octanol–water partition coefficient (Wildman–Crippen LogP) is 2.21. The van der Waals surface area contributed by atoms with Crippen molar-refractivity contribution < 1.29 is 22.7 Å². The first-order valence-corrected chi connectivity index (χ1v) is 11.4. The van der Waals surface area contributed by atoms with Gasteiger partial charge in [-0.1, -0.05) is 12.1 Å².